The van der Waals surface area contributed by atoms with Crippen molar-refractivity contribution in [2.75, 3.05) is 38.7 Å². The average Bonchev–Trinajstić information content (AvgIpc) is 2.78. The second kappa shape index (κ2) is 10.2. The van der Waals surface area contributed by atoms with Crippen LogP contribution < -0.4 is 10.1 Å². The first kappa shape index (κ1) is 23.2. The van der Waals surface area contributed by atoms with E-state index in [4.69, 9.17) is 14.2 Å². The lowest BCUT2D eigenvalue weighted by molar-refractivity contribution is 0.0657. The molecule has 0 atom stereocenters. The normalized spacial score (nSPS) is 15.1. The van der Waals surface area contributed by atoms with E-state index in [1.807, 2.05) is 32.0 Å². The lowest BCUT2D eigenvalue weighted by Crippen LogP contribution is -2.40. The van der Waals surface area contributed by atoms with Gasteiger partial charge in [0, 0.05) is 18.8 Å². The Labute approximate surface area is 183 Å². The molecular weight excluding hydrogens is 420 g/mol. The minimum atomic E-state index is -3.74. The number of nitrogens with one attached hydrogen (secondary N) is 1. The summed E-state index contributed by atoms with van der Waals surface area (Å²) in [6.07, 6.45) is 0.0960. The van der Waals surface area contributed by atoms with Crippen LogP contribution >= 0.6 is 0 Å². The van der Waals surface area contributed by atoms with E-state index in [2.05, 4.69) is 5.32 Å². The summed E-state index contributed by atoms with van der Waals surface area (Å²) < 4.78 is 43.5. The van der Waals surface area contributed by atoms with Crippen molar-refractivity contribution in [1.82, 2.24) is 4.31 Å². The summed E-state index contributed by atoms with van der Waals surface area (Å²) in [6.45, 7) is 5.59. The highest BCUT2D eigenvalue weighted by Gasteiger charge is 2.28. The van der Waals surface area contributed by atoms with Crippen molar-refractivity contribution in [3.8, 4) is 5.75 Å². The zero-order valence-electron chi connectivity index (χ0n) is 18.0. The fourth-order valence-electron chi connectivity index (χ4n) is 3.16. The molecule has 1 amide bonds. The molecule has 1 saturated heterocycles. The lowest BCUT2D eigenvalue weighted by atomic mass is 10.1. The molecule has 1 aliphatic rings. The topological polar surface area (TPSA) is 94.2 Å². The van der Waals surface area contributed by atoms with E-state index >= 15 is 0 Å². The highest BCUT2D eigenvalue weighted by atomic mass is 32.2. The van der Waals surface area contributed by atoms with E-state index in [9.17, 15) is 13.2 Å². The standard InChI is InChI=1S/C22H28N2O6S/c1-16(2)30-15-17-5-4-6-18(13-17)23-22(25)20-14-19(7-8-21(20)28-3)31(26,27)24-9-11-29-12-10-24/h4-8,13-14,16H,9-12,15H2,1-3H3,(H,23,25). The Morgan fingerprint density at radius 3 is 2.58 bits per heavy atom. The van der Waals surface area contributed by atoms with Gasteiger partial charge < -0.3 is 19.5 Å². The molecule has 0 radical (unpaired) electrons. The SMILES string of the molecule is COc1ccc(S(=O)(=O)N2CCOCC2)cc1C(=O)Nc1cccc(COC(C)C)c1. The van der Waals surface area contributed by atoms with Gasteiger partial charge in [-0.05, 0) is 49.7 Å². The van der Waals surface area contributed by atoms with Crippen LogP contribution in [0.25, 0.3) is 0 Å². The Morgan fingerprint density at radius 2 is 1.90 bits per heavy atom. The van der Waals surface area contributed by atoms with Gasteiger partial charge in [0.05, 0.1) is 43.5 Å². The molecule has 1 fully saturated rings. The minimum Gasteiger partial charge on any atom is -0.496 e. The number of ether oxygens (including phenoxy) is 3. The molecular formula is C22H28N2O6S. The van der Waals surface area contributed by atoms with Crippen LogP contribution in [0.4, 0.5) is 5.69 Å². The number of hydrogen-bond acceptors (Lipinski definition) is 6. The maximum absolute atomic E-state index is 13.0. The van der Waals surface area contributed by atoms with Crippen molar-refractivity contribution in [1.29, 1.82) is 0 Å². The van der Waals surface area contributed by atoms with Crippen LogP contribution in [0.15, 0.2) is 47.4 Å². The molecule has 8 nitrogen and oxygen atoms in total. The van der Waals surface area contributed by atoms with Gasteiger partial charge in [0.1, 0.15) is 5.75 Å². The number of benzene rings is 2. The predicted molar refractivity (Wildman–Crippen MR) is 117 cm³/mol. The number of rotatable bonds is 8. The van der Waals surface area contributed by atoms with Gasteiger partial charge in [0.25, 0.3) is 5.91 Å². The molecule has 9 heteroatoms. The fraction of sp³-hybridized carbons (Fsp3) is 0.409. The Hall–Kier alpha value is -2.46. The van der Waals surface area contributed by atoms with Gasteiger partial charge in [-0.15, -0.1) is 0 Å². The Bertz CT molecular complexity index is 1020. The lowest BCUT2D eigenvalue weighted by Gasteiger charge is -2.26. The number of morpholine rings is 1. The molecule has 2 aromatic rings. The number of anilines is 1. The molecule has 0 aromatic heterocycles. The second-order valence-corrected chi connectivity index (χ2v) is 9.33. The van der Waals surface area contributed by atoms with Crippen LogP contribution in [0.2, 0.25) is 0 Å². The molecule has 0 saturated carbocycles. The zero-order chi connectivity index (χ0) is 22.4. The Morgan fingerprint density at radius 1 is 1.16 bits per heavy atom. The molecule has 31 heavy (non-hydrogen) atoms. The minimum absolute atomic E-state index is 0.0411. The highest BCUT2D eigenvalue weighted by Crippen LogP contribution is 2.26. The van der Waals surface area contributed by atoms with Crippen LogP contribution in [0.5, 0.6) is 5.75 Å². The second-order valence-electron chi connectivity index (χ2n) is 7.39. The van der Waals surface area contributed by atoms with Gasteiger partial charge in [-0.1, -0.05) is 12.1 Å². The average molecular weight is 449 g/mol. The van der Waals surface area contributed by atoms with Crippen molar-refractivity contribution in [3.63, 3.8) is 0 Å². The summed E-state index contributed by atoms with van der Waals surface area (Å²) in [5.41, 5.74) is 1.64. The van der Waals surface area contributed by atoms with E-state index in [0.717, 1.165) is 5.56 Å². The number of sulfonamides is 1. The van der Waals surface area contributed by atoms with Crippen LogP contribution in [-0.4, -0.2) is 58.1 Å². The first-order chi connectivity index (χ1) is 14.8. The van der Waals surface area contributed by atoms with Crippen LogP contribution in [0.3, 0.4) is 0 Å². The highest BCUT2D eigenvalue weighted by molar-refractivity contribution is 7.89. The van der Waals surface area contributed by atoms with Crippen molar-refractivity contribution in [2.24, 2.45) is 0 Å². The van der Waals surface area contributed by atoms with Crippen molar-refractivity contribution in [2.45, 2.75) is 31.5 Å². The molecule has 0 unspecified atom stereocenters. The van der Waals surface area contributed by atoms with Gasteiger partial charge in [0.2, 0.25) is 10.0 Å². The molecule has 168 valence electrons. The van der Waals surface area contributed by atoms with Gasteiger partial charge in [0.15, 0.2) is 0 Å². The zero-order valence-corrected chi connectivity index (χ0v) is 18.8. The first-order valence-corrected chi connectivity index (χ1v) is 11.5. The van der Waals surface area contributed by atoms with Gasteiger partial charge in [-0.25, -0.2) is 8.42 Å². The number of hydrogen-bond donors (Lipinski definition) is 1. The van der Waals surface area contributed by atoms with E-state index in [-0.39, 0.29) is 35.4 Å². The number of carbonyl (C=O) groups is 1. The summed E-state index contributed by atoms with van der Waals surface area (Å²) in [5, 5.41) is 2.82. The summed E-state index contributed by atoms with van der Waals surface area (Å²) >= 11 is 0. The summed E-state index contributed by atoms with van der Waals surface area (Å²) in [5.74, 6) is -0.171. The third-order valence-corrected chi connectivity index (χ3v) is 6.69. The number of carbonyl (C=O) groups excluding carboxylic acids is 1. The summed E-state index contributed by atoms with van der Waals surface area (Å²) in [6, 6.07) is 11.6. The maximum atomic E-state index is 13.0. The predicted octanol–water partition coefficient (Wildman–Crippen LogP) is 2.89. The molecule has 0 spiro atoms. The third kappa shape index (κ3) is 5.82. The molecule has 0 bridgehead atoms. The smallest absolute Gasteiger partial charge is 0.259 e. The summed E-state index contributed by atoms with van der Waals surface area (Å²) in [4.78, 5) is 13.0. The number of amides is 1. The van der Waals surface area contributed by atoms with Gasteiger partial charge in [-0.2, -0.15) is 4.31 Å². The van der Waals surface area contributed by atoms with E-state index < -0.39 is 15.9 Å². The van der Waals surface area contributed by atoms with E-state index in [0.29, 0.717) is 25.5 Å². The Balaban J connectivity index is 1.83. The first-order valence-electron chi connectivity index (χ1n) is 10.1. The van der Waals surface area contributed by atoms with Crippen LogP contribution in [0.1, 0.15) is 29.8 Å². The van der Waals surface area contributed by atoms with Gasteiger partial charge in [-0.3, -0.25) is 4.79 Å². The van der Waals surface area contributed by atoms with E-state index in [1.165, 1.54) is 29.6 Å². The number of nitrogens with zero attached hydrogens (tertiary/aromatic N) is 1. The third-order valence-electron chi connectivity index (χ3n) is 4.79. The molecule has 1 aliphatic heterocycles. The van der Waals surface area contributed by atoms with Gasteiger partial charge >= 0.3 is 0 Å². The van der Waals surface area contributed by atoms with Crippen molar-refractivity contribution < 1.29 is 27.4 Å². The van der Waals surface area contributed by atoms with Crippen LogP contribution in [0, 0.1) is 0 Å². The van der Waals surface area contributed by atoms with E-state index in [1.54, 1.807) is 6.07 Å². The molecule has 3 rings (SSSR count). The molecule has 1 N–H and O–H groups in total. The van der Waals surface area contributed by atoms with Crippen molar-refractivity contribution in [3.05, 3.63) is 53.6 Å². The largest absolute Gasteiger partial charge is 0.496 e. The maximum Gasteiger partial charge on any atom is 0.259 e. The van der Waals surface area contributed by atoms with Crippen molar-refractivity contribution >= 4 is 21.6 Å². The number of methoxy groups -OCH3 is 1. The molecule has 0 aliphatic carbocycles. The molecule has 1 heterocycles. The van der Waals surface area contributed by atoms with Crippen LogP contribution in [-0.2, 0) is 26.1 Å². The fourth-order valence-corrected chi connectivity index (χ4v) is 4.60. The quantitative estimate of drug-likeness (QED) is 0.667. The molecule has 2 aromatic carbocycles. The monoisotopic (exact) mass is 448 g/mol. The summed E-state index contributed by atoms with van der Waals surface area (Å²) in [7, 11) is -2.30. The Kier molecular flexibility index (Phi) is 7.66.